The molecule has 42 heavy (non-hydrogen) atoms. The van der Waals surface area contributed by atoms with E-state index < -0.39 is 12.2 Å². The number of Topliss-reactive ketones (excluding diaryl/α,β-unsaturated/α-hetero) is 1. The molecule has 0 unspecified atom stereocenters. The highest BCUT2D eigenvalue weighted by Crippen LogP contribution is 2.34. The maximum atomic E-state index is 12.6. The fraction of sp³-hybridized carbons (Fsp3) is 0.667. The molecular weight excluding hydrogens is 554 g/mol. The second-order valence-corrected chi connectivity index (χ2v) is 12.3. The fourth-order valence-corrected chi connectivity index (χ4v) is 6.14. The quantitative estimate of drug-likeness (QED) is 0.117. The Hall–Kier alpha value is -2.20. The van der Waals surface area contributed by atoms with Gasteiger partial charge < -0.3 is 24.6 Å². The van der Waals surface area contributed by atoms with Crippen molar-refractivity contribution in [3.05, 3.63) is 47.5 Å². The van der Waals surface area contributed by atoms with Crippen LogP contribution in [0.1, 0.15) is 76.3 Å². The molecule has 0 aliphatic heterocycles. The lowest BCUT2D eigenvalue weighted by atomic mass is 9.91. The highest BCUT2D eigenvalue weighted by atomic mass is 32.2. The Kier molecular flexibility index (Phi) is 17.7. The number of carbonyl (C=O) groups is 3. The minimum atomic E-state index is -0.738. The lowest BCUT2D eigenvalue weighted by Crippen LogP contribution is -2.36. The predicted molar refractivity (Wildman–Crippen MR) is 167 cm³/mol. The number of thioether (sulfide) groups is 1. The van der Waals surface area contributed by atoms with Gasteiger partial charge in [-0.15, -0.1) is 0 Å². The Morgan fingerprint density at radius 1 is 1.12 bits per heavy atom. The summed E-state index contributed by atoms with van der Waals surface area (Å²) in [6.45, 7) is 5.89. The van der Waals surface area contributed by atoms with Crippen molar-refractivity contribution in [3.8, 4) is 0 Å². The average molecular weight is 606 g/mol. The van der Waals surface area contributed by atoms with Gasteiger partial charge >= 0.3 is 5.97 Å². The Bertz CT molecular complexity index is 977. The lowest BCUT2D eigenvalue weighted by Gasteiger charge is -2.22. The molecule has 1 aromatic carbocycles. The number of methoxy groups -OCH3 is 1. The molecule has 8 nitrogen and oxygen atoms in total. The number of esters is 1. The van der Waals surface area contributed by atoms with Gasteiger partial charge in [-0.1, -0.05) is 63.1 Å². The van der Waals surface area contributed by atoms with Crippen LogP contribution in [0.5, 0.6) is 0 Å². The van der Waals surface area contributed by atoms with Gasteiger partial charge in [-0.2, -0.15) is 11.8 Å². The third-order valence-corrected chi connectivity index (χ3v) is 8.65. The number of ketones is 1. The lowest BCUT2D eigenvalue weighted by molar-refractivity contribution is -0.152. The summed E-state index contributed by atoms with van der Waals surface area (Å²) in [6, 6.07) is 7.88. The number of carbonyl (C=O) groups excluding carboxylic acids is 3. The number of hydrogen-bond donors (Lipinski definition) is 2. The number of aliphatic hydroxyl groups is 2. The van der Waals surface area contributed by atoms with E-state index >= 15 is 0 Å². The van der Waals surface area contributed by atoms with Gasteiger partial charge in [0.1, 0.15) is 5.78 Å². The predicted octanol–water partition coefficient (Wildman–Crippen LogP) is 4.73. The zero-order valence-electron chi connectivity index (χ0n) is 25.7. The first-order valence-corrected chi connectivity index (χ1v) is 16.6. The molecule has 9 heteroatoms. The second-order valence-electron chi connectivity index (χ2n) is 11.1. The minimum absolute atomic E-state index is 0.0552. The van der Waals surface area contributed by atoms with Crippen LogP contribution in [0.3, 0.4) is 0 Å². The van der Waals surface area contributed by atoms with Gasteiger partial charge in [0, 0.05) is 51.3 Å². The molecule has 0 saturated heterocycles. The molecule has 2 rings (SSSR count). The molecule has 4 atom stereocenters. The molecule has 0 spiro atoms. The SMILES string of the molecule is CCCCN(CCCC)C(=O)COC(=O)CCCSCC[C@H]1C(=O)C[C@@H](O)[C@@H]1/C=C/[C@@H](O)Cc1cccc(COC)c1. The van der Waals surface area contributed by atoms with Gasteiger partial charge in [0.25, 0.3) is 5.91 Å². The van der Waals surface area contributed by atoms with Crippen LogP contribution in [0.2, 0.25) is 0 Å². The molecule has 2 N–H and O–H groups in total. The van der Waals surface area contributed by atoms with Crippen LogP contribution < -0.4 is 0 Å². The van der Waals surface area contributed by atoms with Crippen molar-refractivity contribution in [2.24, 2.45) is 11.8 Å². The Balaban J connectivity index is 1.69. The number of aliphatic hydroxyl groups excluding tert-OH is 2. The highest BCUT2D eigenvalue weighted by Gasteiger charge is 2.39. The molecule has 1 aromatic rings. The number of ether oxygens (including phenoxy) is 2. The van der Waals surface area contributed by atoms with Crippen molar-refractivity contribution >= 4 is 29.4 Å². The van der Waals surface area contributed by atoms with Crippen LogP contribution in [0.15, 0.2) is 36.4 Å². The van der Waals surface area contributed by atoms with Gasteiger partial charge in [0.2, 0.25) is 0 Å². The first-order valence-electron chi connectivity index (χ1n) is 15.4. The van der Waals surface area contributed by atoms with E-state index in [9.17, 15) is 24.6 Å². The minimum Gasteiger partial charge on any atom is -0.456 e. The monoisotopic (exact) mass is 605 g/mol. The van der Waals surface area contributed by atoms with Gasteiger partial charge in [0.05, 0.1) is 18.8 Å². The van der Waals surface area contributed by atoms with Crippen molar-refractivity contribution in [2.75, 3.05) is 38.3 Å². The zero-order valence-corrected chi connectivity index (χ0v) is 26.5. The Morgan fingerprint density at radius 3 is 2.52 bits per heavy atom. The van der Waals surface area contributed by atoms with E-state index in [4.69, 9.17) is 9.47 Å². The summed E-state index contributed by atoms with van der Waals surface area (Å²) < 4.78 is 10.4. The molecule has 1 saturated carbocycles. The van der Waals surface area contributed by atoms with E-state index in [1.165, 1.54) is 0 Å². The molecule has 0 heterocycles. The highest BCUT2D eigenvalue weighted by molar-refractivity contribution is 7.99. The average Bonchev–Trinajstić information content (AvgIpc) is 3.24. The number of hydrogen-bond acceptors (Lipinski definition) is 8. The number of amides is 1. The topological polar surface area (TPSA) is 113 Å². The van der Waals surface area contributed by atoms with Crippen LogP contribution in [-0.4, -0.2) is 83.3 Å². The van der Waals surface area contributed by atoms with Crippen LogP contribution in [0.4, 0.5) is 0 Å². The smallest absolute Gasteiger partial charge is 0.306 e. The Labute approximate surface area is 256 Å². The zero-order chi connectivity index (χ0) is 30.7. The number of benzene rings is 1. The molecule has 0 radical (unpaired) electrons. The summed E-state index contributed by atoms with van der Waals surface area (Å²) in [5, 5.41) is 21.0. The number of nitrogens with zero attached hydrogens (tertiary/aromatic N) is 1. The van der Waals surface area contributed by atoms with Crippen molar-refractivity contribution in [3.63, 3.8) is 0 Å². The molecule has 0 aromatic heterocycles. The van der Waals surface area contributed by atoms with E-state index in [0.29, 0.717) is 39.0 Å². The van der Waals surface area contributed by atoms with Crippen LogP contribution in [-0.2, 0) is 36.9 Å². The van der Waals surface area contributed by atoms with Crippen molar-refractivity contribution in [1.29, 1.82) is 0 Å². The summed E-state index contributed by atoms with van der Waals surface area (Å²) >= 11 is 1.67. The van der Waals surface area contributed by atoms with Crippen LogP contribution >= 0.6 is 11.8 Å². The number of rotatable bonds is 21. The Morgan fingerprint density at radius 2 is 1.83 bits per heavy atom. The summed E-state index contributed by atoms with van der Waals surface area (Å²) in [5.74, 6) is 0.454. The van der Waals surface area contributed by atoms with Gasteiger partial charge in [-0.25, -0.2) is 0 Å². The van der Waals surface area contributed by atoms with E-state index in [-0.39, 0.29) is 48.9 Å². The molecule has 0 bridgehead atoms. The molecule has 1 amide bonds. The van der Waals surface area contributed by atoms with Crippen LogP contribution in [0.25, 0.3) is 0 Å². The van der Waals surface area contributed by atoms with Crippen LogP contribution in [0, 0.1) is 11.8 Å². The van der Waals surface area contributed by atoms with E-state index in [1.54, 1.807) is 35.9 Å². The van der Waals surface area contributed by atoms with Gasteiger partial charge in [0.15, 0.2) is 6.61 Å². The standard InChI is InChI=1S/C33H51NO7S/c1-4-6-16-34(17-7-5-2)32(38)24-41-33(39)12-9-18-42-19-15-29-28(30(36)22-31(29)37)14-13-27(35)21-25-10-8-11-26(20-25)23-40-3/h8,10-11,13-14,20,27-30,35-36H,4-7,9,12,15-19,21-24H2,1-3H3/b14-13+/t27-,28-,29-,30-/m1/s1. The first kappa shape index (κ1) is 36.0. The largest absolute Gasteiger partial charge is 0.456 e. The normalized spacial score (nSPS) is 19.4. The summed E-state index contributed by atoms with van der Waals surface area (Å²) in [5.41, 5.74) is 2.04. The molecule has 236 valence electrons. The first-order chi connectivity index (χ1) is 20.3. The molecule has 1 aliphatic rings. The summed E-state index contributed by atoms with van der Waals surface area (Å²) in [4.78, 5) is 38.9. The number of unbranched alkanes of at least 4 members (excludes halogenated alkanes) is 2. The van der Waals surface area contributed by atoms with E-state index in [1.807, 2.05) is 24.3 Å². The third-order valence-electron chi connectivity index (χ3n) is 7.55. The van der Waals surface area contributed by atoms with Crippen molar-refractivity contribution in [1.82, 2.24) is 4.90 Å². The summed E-state index contributed by atoms with van der Waals surface area (Å²) in [7, 11) is 1.65. The summed E-state index contributed by atoms with van der Waals surface area (Å²) in [6.07, 6.45) is 8.04. The van der Waals surface area contributed by atoms with Gasteiger partial charge in [-0.05, 0) is 48.3 Å². The maximum absolute atomic E-state index is 12.6. The maximum Gasteiger partial charge on any atom is 0.306 e. The third kappa shape index (κ3) is 13.4. The molecular formula is C33H51NO7S. The van der Waals surface area contributed by atoms with Crippen molar-refractivity contribution < 1.29 is 34.1 Å². The second kappa shape index (κ2) is 20.7. The van der Waals surface area contributed by atoms with E-state index in [0.717, 1.165) is 48.3 Å². The molecule has 1 fully saturated rings. The van der Waals surface area contributed by atoms with Crippen molar-refractivity contribution in [2.45, 2.75) is 90.4 Å². The molecule has 1 aliphatic carbocycles. The van der Waals surface area contributed by atoms with Gasteiger partial charge in [-0.3, -0.25) is 14.4 Å². The fourth-order valence-electron chi connectivity index (χ4n) is 5.17. The van der Waals surface area contributed by atoms with E-state index in [2.05, 4.69) is 13.8 Å².